The number of aromatic nitrogens is 2. The van der Waals surface area contributed by atoms with E-state index >= 15 is 0 Å². The topological polar surface area (TPSA) is 53.1 Å². The minimum atomic E-state index is -0.00592. The lowest BCUT2D eigenvalue weighted by Crippen LogP contribution is -2.15. The molecule has 0 bridgehead atoms. The van der Waals surface area contributed by atoms with Crippen LogP contribution in [0.25, 0.3) is 0 Å². The van der Waals surface area contributed by atoms with Crippen molar-refractivity contribution in [1.29, 1.82) is 0 Å². The van der Waals surface area contributed by atoms with Crippen molar-refractivity contribution in [2.45, 2.75) is 50.6 Å². The van der Waals surface area contributed by atoms with Crippen molar-refractivity contribution in [3.63, 3.8) is 0 Å². The van der Waals surface area contributed by atoms with E-state index in [-0.39, 0.29) is 6.04 Å². The normalized spacial score (nSPS) is 17.8. The second-order valence-electron chi connectivity index (χ2n) is 5.78. The summed E-state index contributed by atoms with van der Waals surface area (Å²) in [6.45, 7) is 0. The van der Waals surface area contributed by atoms with Crippen molar-refractivity contribution in [2.75, 3.05) is 7.11 Å². The second kappa shape index (κ2) is 6.62. The molecule has 21 heavy (non-hydrogen) atoms. The highest BCUT2D eigenvalue weighted by Crippen LogP contribution is 2.29. The zero-order chi connectivity index (χ0) is 14.7. The molecule has 2 heterocycles. The van der Waals surface area contributed by atoms with Gasteiger partial charge in [0.2, 0.25) is 0 Å². The molecule has 114 valence electrons. The van der Waals surface area contributed by atoms with Gasteiger partial charge in [-0.15, -0.1) is 11.3 Å². The molecule has 0 aliphatic heterocycles. The summed E-state index contributed by atoms with van der Waals surface area (Å²) in [5.41, 5.74) is 7.37. The monoisotopic (exact) mass is 305 g/mol. The van der Waals surface area contributed by atoms with E-state index in [9.17, 15) is 0 Å². The maximum atomic E-state index is 6.29. The molecule has 2 N–H and O–H groups in total. The van der Waals surface area contributed by atoms with Gasteiger partial charge in [0.25, 0.3) is 0 Å². The molecular weight excluding hydrogens is 282 g/mol. The predicted octanol–water partition coefficient (Wildman–Crippen LogP) is 3.70. The molecule has 1 atom stereocenters. The minimum absolute atomic E-state index is 0.00592. The Morgan fingerprint density at radius 1 is 1.43 bits per heavy atom. The molecule has 0 amide bonds. The van der Waals surface area contributed by atoms with Crippen LogP contribution < -0.4 is 10.5 Å². The van der Waals surface area contributed by atoms with Crippen LogP contribution >= 0.6 is 11.3 Å². The molecule has 1 aliphatic carbocycles. The summed E-state index contributed by atoms with van der Waals surface area (Å²) in [5, 5.41) is 6.73. The standard InChI is InChI=1S/C16H23N3OS/c1-20-14-10-16(21-11-14)15(17)9-12-7-8-19(18-12)13-5-3-2-4-6-13/h7-8,10-11,13,15H,2-6,9,17H2,1H3. The highest BCUT2D eigenvalue weighted by atomic mass is 32.1. The molecule has 5 heteroatoms. The van der Waals surface area contributed by atoms with Crippen LogP contribution in [-0.4, -0.2) is 16.9 Å². The van der Waals surface area contributed by atoms with E-state index in [2.05, 4.69) is 16.9 Å². The molecule has 0 spiro atoms. The van der Waals surface area contributed by atoms with Crippen molar-refractivity contribution in [3.8, 4) is 5.75 Å². The van der Waals surface area contributed by atoms with Gasteiger partial charge in [-0.2, -0.15) is 5.10 Å². The molecule has 1 saturated carbocycles. The number of thiophene rings is 1. The van der Waals surface area contributed by atoms with Crippen LogP contribution in [0.5, 0.6) is 5.75 Å². The Bertz CT molecular complexity index is 572. The maximum absolute atomic E-state index is 6.29. The van der Waals surface area contributed by atoms with Gasteiger partial charge in [-0.05, 0) is 25.0 Å². The van der Waals surface area contributed by atoms with Gasteiger partial charge >= 0.3 is 0 Å². The molecule has 1 unspecified atom stereocenters. The Labute approximate surface area is 129 Å². The first-order valence-corrected chi connectivity index (χ1v) is 8.56. The fraction of sp³-hybridized carbons (Fsp3) is 0.562. The summed E-state index contributed by atoms with van der Waals surface area (Å²) >= 11 is 1.65. The third-order valence-corrected chi connectivity index (χ3v) is 5.28. The number of hydrogen-bond acceptors (Lipinski definition) is 4. The van der Waals surface area contributed by atoms with Crippen molar-refractivity contribution >= 4 is 11.3 Å². The first kappa shape index (κ1) is 14.6. The molecule has 1 aliphatic rings. The van der Waals surface area contributed by atoms with E-state index in [4.69, 9.17) is 15.6 Å². The molecule has 2 aromatic rings. The Hall–Kier alpha value is -1.33. The average molecular weight is 305 g/mol. The molecule has 3 rings (SSSR count). The molecule has 0 aromatic carbocycles. The van der Waals surface area contributed by atoms with Crippen molar-refractivity contribution in [1.82, 2.24) is 9.78 Å². The van der Waals surface area contributed by atoms with E-state index < -0.39 is 0 Å². The fourth-order valence-electron chi connectivity index (χ4n) is 3.00. The average Bonchev–Trinajstić information content (AvgIpc) is 3.17. The summed E-state index contributed by atoms with van der Waals surface area (Å²) < 4.78 is 7.36. The minimum Gasteiger partial charge on any atom is -0.496 e. The molecule has 4 nitrogen and oxygen atoms in total. The van der Waals surface area contributed by atoms with Crippen LogP contribution in [0.1, 0.15) is 54.8 Å². The first-order chi connectivity index (χ1) is 10.3. The quantitative estimate of drug-likeness (QED) is 0.916. The van der Waals surface area contributed by atoms with E-state index in [1.165, 1.54) is 32.1 Å². The second-order valence-corrected chi connectivity index (χ2v) is 6.72. The number of nitrogens with two attached hydrogens (primary N) is 1. The van der Waals surface area contributed by atoms with E-state index in [1.54, 1.807) is 18.4 Å². The number of ether oxygens (including phenoxy) is 1. The van der Waals surface area contributed by atoms with Gasteiger partial charge in [0.15, 0.2) is 0 Å². The Morgan fingerprint density at radius 3 is 2.95 bits per heavy atom. The zero-order valence-corrected chi connectivity index (χ0v) is 13.3. The predicted molar refractivity (Wildman–Crippen MR) is 85.9 cm³/mol. The third-order valence-electron chi connectivity index (χ3n) is 4.24. The van der Waals surface area contributed by atoms with Gasteiger partial charge < -0.3 is 10.5 Å². The SMILES string of the molecule is COc1csc(C(N)Cc2ccn(C3CCCCC3)n2)c1. The number of nitrogens with zero attached hydrogens (tertiary/aromatic N) is 2. The van der Waals surface area contributed by atoms with Gasteiger partial charge in [0.1, 0.15) is 5.75 Å². The van der Waals surface area contributed by atoms with Crippen molar-refractivity contribution in [2.24, 2.45) is 5.73 Å². The van der Waals surface area contributed by atoms with E-state index in [0.717, 1.165) is 22.7 Å². The Morgan fingerprint density at radius 2 is 2.24 bits per heavy atom. The first-order valence-electron chi connectivity index (χ1n) is 7.68. The lowest BCUT2D eigenvalue weighted by molar-refractivity contribution is 0.328. The largest absolute Gasteiger partial charge is 0.496 e. The summed E-state index contributed by atoms with van der Waals surface area (Å²) in [5.74, 6) is 0.887. The van der Waals surface area contributed by atoms with Gasteiger partial charge in [-0.3, -0.25) is 4.68 Å². The van der Waals surface area contributed by atoms with E-state index in [0.29, 0.717) is 6.04 Å². The lowest BCUT2D eigenvalue weighted by atomic mass is 9.96. The molecule has 2 aromatic heterocycles. The number of rotatable bonds is 5. The highest BCUT2D eigenvalue weighted by Gasteiger charge is 2.17. The molecule has 0 saturated heterocycles. The molecular formula is C16H23N3OS. The summed E-state index contributed by atoms with van der Waals surface area (Å²) in [7, 11) is 1.68. The Kier molecular flexibility index (Phi) is 4.60. The summed E-state index contributed by atoms with van der Waals surface area (Å²) in [4.78, 5) is 1.15. The summed E-state index contributed by atoms with van der Waals surface area (Å²) in [6.07, 6.45) is 9.44. The Balaban J connectivity index is 1.63. The molecule has 0 radical (unpaired) electrons. The van der Waals surface area contributed by atoms with Crippen LogP contribution in [0.4, 0.5) is 0 Å². The van der Waals surface area contributed by atoms with Crippen LogP contribution in [0.2, 0.25) is 0 Å². The van der Waals surface area contributed by atoms with Crippen LogP contribution in [0.3, 0.4) is 0 Å². The maximum Gasteiger partial charge on any atom is 0.129 e. The van der Waals surface area contributed by atoms with Gasteiger partial charge in [-0.1, -0.05) is 19.3 Å². The fourth-order valence-corrected chi connectivity index (χ4v) is 3.86. The van der Waals surface area contributed by atoms with Crippen molar-refractivity contribution in [3.05, 3.63) is 34.3 Å². The van der Waals surface area contributed by atoms with Gasteiger partial charge in [0, 0.05) is 28.9 Å². The van der Waals surface area contributed by atoms with Gasteiger partial charge in [-0.25, -0.2) is 0 Å². The summed E-state index contributed by atoms with van der Waals surface area (Å²) in [6, 6.07) is 4.71. The zero-order valence-electron chi connectivity index (χ0n) is 12.5. The van der Waals surface area contributed by atoms with Crippen LogP contribution in [-0.2, 0) is 6.42 Å². The van der Waals surface area contributed by atoms with Crippen LogP contribution in [0.15, 0.2) is 23.7 Å². The molecule has 1 fully saturated rings. The van der Waals surface area contributed by atoms with Gasteiger partial charge in [0.05, 0.1) is 18.8 Å². The van der Waals surface area contributed by atoms with Crippen molar-refractivity contribution < 1.29 is 4.74 Å². The third kappa shape index (κ3) is 3.47. The highest BCUT2D eigenvalue weighted by molar-refractivity contribution is 7.10. The lowest BCUT2D eigenvalue weighted by Gasteiger charge is -2.21. The number of hydrogen-bond donors (Lipinski definition) is 1. The smallest absolute Gasteiger partial charge is 0.129 e. The van der Waals surface area contributed by atoms with E-state index in [1.807, 2.05) is 11.4 Å². The van der Waals surface area contributed by atoms with Crippen LogP contribution in [0, 0.1) is 0 Å². The number of methoxy groups -OCH3 is 1.